The molecule has 0 unspecified atom stereocenters. The molecule has 1 amide bonds. The van der Waals surface area contributed by atoms with Crippen molar-refractivity contribution in [3.05, 3.63) is 23.8 Å². The van der Waals surface area contributed by atoms with Crippen LogP contribution in [0, 0.1) is 0 Å². The molecular weight excluding hydrogens is 396 g/mol. The highest BCUT2D eigenvalue weighted by Crippen LogP contribution is 2.35. The van der Waals surface area contributed by atoms with E-state index >= 15 is 0 Å². The third-order valence-electron chi connectivity index (χ3n) is 5.98. The molecule has 4 rings (SSSR count). The summed E-state index contributed by atoms with van der Waals surface area (Å²) in [6.07, 6.45) is 2.63. The Bertz CT molecular complexity index is 914. The van der Waals surface area contributed by atoms with Gasteiger partial charge in [-0.15, -0.1) is 0 Å². The van der Waals surface area contributed by atoms with Gasteiger partial charge in [0.05, 0.1) is 27.4 Å². The van der Waals surface area contributed by atoms with Crippen LogP contribution in [0.5, 0.6) is 11.5 Å². The smallest absolute Gasteiger partial charge is 0.222 e. The summed E-state index contributed by atoms with van der Waals surface area (Å²) in [7, 11) is 3.34. The first-order chi connectivity index (χ1) is 15.2. The van der Waals surface area contributed by atoms with E-state index in [0.29, 0.717) is 26.2 Å². The summed E-state index contributed by atoms with van der Waals surface area (Å²) in [6.45, 7) is 6.30. The molecule has 0 saturated carbocycles. The van der Waals surface area contributed by atoms with Crippen molar-refractivity contribution in [2.75, 3.05) is 65.1 Å². The Morgan fingerprint density at radius 2 is 1.90 bits per heavy atom. The molecule has 1 aromatic carbocycles. The minimum Gasteiger partial charge on any atom is -0.496 e. The molecule has 0 radical (unpaired) electrons. The lowest BCUT2D eigenvalue weighted by atomic mass is 10.1. The summed E-state index contributed by atoms with van der Waals surface area (Å²) in [5, 5.41) is 4.49. The van der Waals surface area contributed by atoms with Crippen molar-refractivity contribution in [2.45, 2.75) is 25.8 Å². The number of fused-ring (bicyclic) bond motifs is 1. The van der Waals surface area contributed by atoms with E-state index in [0.717, 1.165) is 79.3 Å². The summed E-state index contributed by atoms with van der Waals surface area (Å²) >= 11 is 0. The molecule has 0 aliphatic carbocycles. The summed E-state index contributed by atoms with van der Waals surface area (Å²) in [4.78, 5) is 21.0. The van der Waals surface area contributed by atoms with Gasteiger partial charge in [-0.25, -0.2) is 4.98 Å². The Morgan fingerprint density at radius 3 is 2.61 bits per heavy atom. The van der Waals surface area contributed by atoms with Gasteiger partial charge in [-0.1, -0.05) is 0 Å². The number of hydrogen-bond acceptors (Lipinski definition) is 7. The molecule has 2 aliphatic rings. The molecular formula is C23H32N4O4. The van der Waals surface area contributed by atoms with E-state index in [9.17, 15) is 4.79 Å². The second kappa shape index (κ2) is 10.2. The Kier molecular flexibility index (Phi) is 7.09. The van der Waals surface area contributed by atoms with E-state index in [2.05, 4.69) is 16.3 Å². The fourth-order valence-corrected chi connectivity index (χ4v) is 4.32. The number of nitrogens with one attached hydrogen (secondary N) is 1. The standard InChI is InChI=1S/C23H32N4O4/c1-29-19-6-7-20(30-2)22-18(19)15-17(23(25-22)27-11-13-31-14-12-27)16-24-8-4-10-26-9-3-5-21(26)28/h6-7,15,24H,3-5,8-14,16H2,1-2H3. The summed E-state index contributed by atoms with van der Waals surface area (Å²) in [6, 6.07) is 5.97. The van der Waals surface area contributed by atoms with Gasteiger partial charge in [-0.2, -0.15) is 0 Å². The Hall–Kier alpha value is -2.58. The lowest BCUT2D eigenvalue weighted by Crippen LogP contribution is -2.37. The molecule has 2 fully saturated rings. The SMILES string of the molecule is COc1ccc(OC)c2nc(N3CCOCC3)c(CNCCCN3CCCC3=O)cc12. The number of methoxy groups -OCH3 is 2. The first kappa shape index (κ1) is 21.6. The predicted octanol–water partition coefficient (Wildman–Crippen LogP) is 2.19. The van der Waals surface area contributed by atoms with Crippen LogP contribution in [0.1, 0.15) is 24.8 Å². The summed E-state index contributed by atoms with van der Waals surface area (Å²) in [5.41, 5.74) is 1.93. The van der Waals surface area contributed by atoms with Crippen LogP contribution in [0.25, 0.3) is 10.9 Å². The van der Waals surface area contributed by atoms with Gasteiger partial charge in [0.15, 0.2) is 0 Å². The lowest BCUT2D eigenvalue weighted by Gasteiger charge is -2.30. The van der Waals surface area contributed by atoms with Gasteiger partial charge in [0.1, 0.15) is 22.8 Å². The van der Waals surface area contributed by atoms with Crippen molar-refractivity contribution in [3.8, 4) is 11.5 Å². The molecule has 0 spiro atoms. The van der Waals surface area contributed by atoms with Crippen LogP contribution in [-0.4, -0.2) is 75.9 Å². The van der Waals surface area contributed by atoms with Crippen molar-refractivity contribution in [1.82, 2.24) is 15.2 Å². The number of anilines is 1. The Morgan fingerprint density at radius 1 is 1.13 bits per heavy atom. The number of amides is 1. The zero-order valence-electron chi connectivity index (χ0n) is 18.5. The number of rotatable bonds is 9. The number of pyridine rings is 1. The largest absolute Gasteiger partial charge is 0.496 e. The maximum Gasteiger partial charge on any atom is 0.222 e. The van der Waals surface area contributed by atoms with Crippen molar-refractivity contribution in [2.24, 2.45) is 0 Å². The van der Waals surface area contributed by atoms with Gasteiger partial charge in [-0.05, 0) is 37.6 Å². The molecule has 1 N–H and O–H groups in total. The monoisotopic (exact) mass is 428 g/mol. The first-order valence-corrected chi connectivity index (χ1v) is 11.1. The second-order valence-electron chi connectivity index (χ2n) is 7.95. The zero-order valence-corrected chi connectivity index (χ0v) is 18.5. The van der Waals surface area contributed by atoms with Gasteiger partial charge >= 0.3 is 0 Å². The fourth-order valence-electron chi connectivity index (χ4n) is 4.32. The van der Waals surface area contributed by atoms with Crippen LogP contribution in [-0.2, 0) is 16.1 Å². The number of carbonyl (C=O) groups is 1. The number of nitrogens with zero attached hydrogens (tertiary/aromatic N) is 3. The normalized spacial score (nSPS) is 16.9. The van der Waals surface area contributed by atoms with Crippen LogP contribution in [0.2, 0.25) is 0 Å². The molecule has 1 aromatic heterocycles. The third kappa shape index (κ3) is 4.85. The van der Waals surface area contributed by atoms with E-state index in [4.69, 9.17) is 19.2 Å². The predicted molar refractivity (Wildman–Crippen MR) is 120 cm³/mol. The molecule has 8 nitrogen and oxygen atoms in total. The van der Waals surface area contributed by atoms with Gasteiger partial charge in [0.2, 0.25) is 5.91 Å². The van der Waals surface area contributed by atoms with Crippen molar-refractivity contribution in [3.63, 3.8) is 0 Å². The molecule has 2 aliphatic heterocycles. The van der Waals surface area contributed by atoms with E-state index in [1.165, 1.54) is 0 Å². The molecule has 2 aromatic rings. The van der Waals surface area contributed by atoms with Crippen LogP contribution in [0.15, 0.2) is 18.2 Å². The summed E-state index contributed by atoms with van der Waals surface area (Å²) in [5.74, 6) is 2.77. The summed E-state index contributed by atoms with van der Waals surface area (Å²) < 4.78 is 16.7. The molecule has 3 heterocycles. The lowest BCUT2D eigenvalue weighted by molar-refractivity contribution is -0.127. The molecule has 0 bridgehead atoms. The van der Waals surface area contributed by atoms with Gasteiger partial charge in [0, 0.05) is 50.1 Å². The van der Waals surface area contributed by atoms with Gasteiger partial charge < -0.3 is 29.3 Å². The van der Waals surface area contributed by atoms with E-state index < -0.39 is 0 Å². The van der Waals surface area contributed by atoms with Crippen LogP contribution in [0.4, 0.5) is 5.82 Å². The Balaban J connectivity index is 1.53. The zero-order chi connectivity index (χ0) is 21.6. The highest BCUT2D eigenvalue weighted by atomic mass is 16.5. The molecule has 8 heteroatoms. The minimum absolute atomic E-state index is 0.286. The number of likely N-dealkylation sites (tertiary alicyclic amines) is 1. The average molecular weight is 429 g/mol. The maximum absolute atomic E-state index is 11.8. The number of carbonyl (C=O) groups excluding carboxylic acids is 1. The van der Waals surface area contributed by atoms with Crippen molar-refractivity contribution in [1.29, 1.82) is 0 Å². The number of hydrogen-bond donors (Lipinski definition) is 1. The van der Waals surface area contributed by atoms with Gasteiger partial charge in [0.25, 0.3) is 0 Å². The van der Waals surface area contributed by atoms with E-state index in [1.54, 1.807) is 14.2 Å². The van der Waals surface area contributed by atoms with E-state index in [1.807, 2.05) is 17.0 Å². The number of benzene rings is 1. The molecule has 0 atom stereocenters. The quantitative estimate of drug-likeness (QED) is 0.614. The van der Waals surface area contributed by atoms with Crippen molar-refractivity contribution < 1.29 is 19.0 Å². The molecule has 31 heavy (non-hydrogen) atoms. The van der Waals surface area contributed by atoms with Crippen LogP contribution in [0.3, 0.4) is 0 Å². The maximum atomic E-state index is 11.8. The first-order valence-electron chi connectivity index (χ1n) is 11.1. The topological polar surface area (TPSA) is 76.2 Å². The highest BCUT2D eigenvalue weighted by molar-refractivity contribution is 5.92. The average Bonchev–Trinajstić information content (AvgIpc) is 3.22. The van der Waals surface area contributed by atoms with Crippen molar-refractivity contribution >= 4 is 22.6 Å². The Labute approximate surface area is 183 Å². The third-order valence-corrected chi connectivity index (χ3v) is 5.98. The number of aromatic nitrogens is 1. The van der Waals surface area contributed by atoms with Gasteiger partial charge in [-0.3, -0.25) is 4.79 Å². The van der Waals surface area contributed by atoms with E-state index in [-0.39, 0.29) is 5.91 Å². The second-order valence-corrected chi connectivity index (χ2v) is 7.95. The number of morpholine rings is 1. The van der Waals surface area contributed by atoms with Crippen LogP contribution >= 0.6 is 0 Å². The number of ether oxygens (including phenoxy) is 3. The highest BCUT2D eigenvalue weighted by Gasteiger charge is 2.21. The fraction of sp³-hybridized carbons (Fsp3) is 0.565. The minimum atomic E-state index is 0.286. The molecule has 2 saturated heterocycles. The van der Waals surface area contributed by atoms with Crippen LogP contribution < -0.4 is 19.7 Å². The molecule has 168 valence electrons.